The fraction of sp³-hybridized carbons (Fsp3) is 0.375. The molecule has 1 heterocycles. The molecular formula is C8H12N4OS2. The molecule has 1 rings (SSSR count). The Kier molecular flexibility index (Phi) is 4.57. The third-order valence-electron chi connectivity index (χ3n) is 1.65. The first kappa shape index (κ1) is 12.0. The van der Waals surface area contributed by atoms with Crippen molar-refractivity contribution in [1.29, 1.82) is 0 Å². The molecule has 1 aliphatic heterocycles. The summed E-state index contributed by atoms with van der Waals surface area (Å²) < 4.78 is 0. The molecule has 0 aromatic carbocycles. The summed E-state index contributed by atoms with van der Waals surface area (Å²) in [6.07, 6.45) is 1.66. The van der Waals surface area contributed by atoms with Gasteiger partial charge >= 0.3 is 0 Å². The molecule has 1 amide bonds. The molecule has 1 aliphatic rings. The van der Waals surface area contributed by atoms with Crippen LogP contribution in [0.5, 0.6) is 0 Å². The second-order valence-corrected chi connectivity index (χ2v) is 4.02. The maximum atomic E-state index is 11.4. The van der Waals surface area contributed by atoms with Crippen LogP contribution in [-0.2, 0) is 4.79 Å². The number of amides is 1. The van der Waals surface area contributed by atoms with E-state index in [0.717, 1.165) is 0 Å². The highest BCUT2D eigenvalue weighted by Gasteiger charge is 2.27. The first-order chi connectivity index (χ1) is 7.19. The molecule has 7 heteroatoms. The lowest BCUT2D eigenvalue weighted by Crippen LogP contribution is -2.34. The van der Waals surface area contributed by atoms with E-state index < -0.39 is 0 Å². The van der Waals surface area contributed by atoms with Crippen molar-refractivity contribution in [2.75, 3.05) is 19.3 Å². The van der Waals surface area contributed by atoms with Gasteiger partial charge in [0.1, 0.15) is 0 Å². The van der Waals surface area contributed by atoms with E-state index in [9.17, 15) is 4.79 Å². The number of carbonyl (C=O) groups excluding carboxylic acids is 1. The molecule has 0 spiro atoms. The van der Waals surface area contributed by atoms with Crippen LogP contribution in [0.25, 0.3) is 0 Å². The molecular weight excluding hydrogens is 232 g/mol. The third kappa shape index (κ3) is 3.21. The zero-order chi connectivity index (χ0) is 11.3. The van der Waals surface area contributed by atoms with E-state index in [4.69, 9.17) is 12.2 Å². The van der Waals surface area contributed by atoms with Gasteiger partial charge in [-0.3, -0.25) is 15.1 Å². The van der Waals surface area contributed by atoms with Gasteiger partial charge in [-0.1, -0.05) is 17.8 Å². The number of amidine groups is 1. The van der Waals surface area contributed by atoms with Crippen molar-refractivity contribution in [1.82, 2.24) is 15.6 Å². The molecule has 0 aromatic heterocycles. The van der Waals surface area contributed by atoms with E-state index in [-0.39, 0.29) is 5.91 Å². The second-order valence-electron chi connectivity index (χ2n) is 2.67. The van der Waals surface area contributed by atoms with Gasteiger partial charge < -0.3 is 5.32 Å². The molecule has 15 heavy (non-hydrogen) atoms. The number of nitrogens with one attached hydrogen (secondary N) is 2. The van der Waals surface area contributed by atoms with Crippen LogP contribution in [0.1, 0.15) is 0 Å². The van der Waals surface area contributed by atoms with Crippen molar-refractivity contribution in [2.45, 2.75) is 0 Å². The summed E-state index contributed by atoms with van der Waals surface area (Å²) in [4.78, 5) is 12.9. The Hall–Kier alpha value is -1.08. The van der Waals surface area contributed by atoms with E-state index >= 15 is 0 Å². The van der Waals surface area contributed by atoms with Gasteiger partial charge in [0.15, 0.2) is 10.3 Å². The average molecular weight is 244 g/mol. The number of hydrogen-bond donors (Lipinski definition) is 2. The lowest BCUT2D eigenvalue weighted by atomic mass is 10.5. The number of rotatable bonds is 3. The Morgan fingerprint density at radius 3 is 3.20 bits per heavy atom. The fourth-order valence-electron chi connectivity index (χ4n) is 0.945. The van der Waals surface area contributed by atoms with Gasteiger partial charge in [-0.2, -0.15) is 0 Å². The van der Waals surface area contributed by atoms with Gasteiger partial charge in [0.2, 0.25) is 5.91 Å². The van der Waals surface area contributed by atoms with Crippen molar-refractivity contribution in [3.8, 4) is 0 Å². The third-order valence-corrected chi connectivity index (χ3v) is 2.91. The van der Waals surface area contributed by atoms with Crippen LogP contribution in [0.3, 0.4) is 0 Å². The van der Waals surface area contributed by atoms with Crippen LogP contribution in [0.15, 0.2) is 17.8 Å². The van der Waals surface area contributed by atoms with Crippen molar-refractivity contribution in [3.63, 3.8) is 0 Å². The van der Waals surface area contributed by atoms with E-state index in [2.05, 4.69) is 22.4 Å². The van der Waals surface area contributed by atoms with Gasteiger partial charge in [-0.15, -0.1) is 11.7 Å². The molecule has 82 valence electrons. The summed E-state index contributed by atoms with van der Waals surface area (Å²) in [5, 5.41) is 7.80. The molecule has 2 N–H and O–H groups in total. The van der Waals surface area contributed by atoms with Crippen LogP contribution in [0, 0.1) is 0 Å². The zero-order valence-electron chi connectivity index (χ0n) is 8.32. The van der Waals surface area contributed by atoms with Gasteiger partial charge in [0, 0.05) is 13.6 Å². The Morgan fingerprint density at radius 2 is 2.60 bits per heavy atom. The fourth-order valence-corrected chi connectivity index (χ4v) is 1.84. The van der Waals surface area contributed by atoms with Crippen LogP contribution >= 0.6 is 24.0 Å². The van der Waals surface area contributed by atoms with E-state index in [1.165, 1.54) is 11.8 Å². The highest BCUT2D eigenvalue weighted by atomic mass is 32.2. The highest BCUT2D eigenvalue weighted by molar-refractivity contribution is 8.15. The average Bonchev–Trinajstić information content (AvgIpc) is 2.58. The normalized spacial score (nSPS) is 18.1. The summed E-state index contributed by atoms with van der Waals surface area (Å²) >= 11 is 6.24. The number of hydrogen-bond acceptors (Lipinski definition) is 4. The first-order valence-corrected chi connectivity index (χ1v) is 5.68. The summed E-state index contributed by atoms with van der Waals surface area (Å²) in [5.41, 5.74) is 2.64. The topological polar surface area (TPSA) is 56.7 Å². The molecule has 1 saturated heterocycles. The first-order valence-electron chi connectivity index (χ1n) is 4.28. The number of thiocarbonyl (C=S) groups is 1. The Bertz CT molecular complexity index is 316. The molecule has 0 unspecified atom stereocenters. The van der Waals surface area contributed by atoms with Gasteiger partial charge in [0.25, 0.3) is 0 Å². The van der Waals surface area contributed by atoms with Gasteiger partial charge in [-0.05, 0) is 12.2 Å². The van der Waals surface area contributed by atoms with Gasteiger partial charge in [0.05, 0.1) is 5.75 Å². The Morgan fingerprint density at radius 1 is 1.87 bits per heavy atom. The summed E-state index contributed by atoms with van der Waals surface area (Å²) in [6.45, 7) is 4.06. The van der Waals surface area contributed by atoms with Crippen LogP contribution in [-0.4, -0.2) is 40.4 Å². The molecule has 1 fully saturated rings. The second kappa shape index (κ2) is 5.72. The van der Waals surface area contributed by atoms with E-state index in [0.29, 0.717) is 22.6 Å². The monoisotopic (exact) mass is 244 g/mol. The number of nitrogens with zero attached hydrogens (tertiary/aromatic N) is 2. The Balaban J connectivity index is 2.63. The Labute approximate surface area is 98.0 Å². The van der Waals surface area contributed by atoms with Crippen LogP contribution < -0.4 is 10.7 Å². The SMILES string of the molecule is C=CCN1C(=O)CS/C1=N/NC(=S)NC. The summed E-state index contributed by atoms with van der Waals surface area (Å²) in [5.74, 6) is 0.455. The maximum Gasteiger partial charge on any atom is 0.239 e. The van der Waals surface area contributed by atoms with Crippen molar-refractivity contribution >= 4 is 40.2 Å². The summed E-state index contributed by atoms with van der Waals surface area (Å²) in [6, 6.07) is 0. The van der Waals surface area contributed by atoms with Crippen molar-refractivity contribution < 1.29 is 4.79 Å². The predicted molar refractivity (Wildman–Crippen MR) is 66.6 cm³/mol. The van der Waals surface area contributed by atoms with Crippen LogP contribution in [0.2, 0.25) is 0 Å². The summed E-state index contributed by atoms with van der Waals surface area (Å²) in [7, 11) is 1.70. The van der Waals surface area contributed by atoms with E-state index in [1.807, 2.05) is 0 Å². The quantitative estimate of drug-likeness (QED) is 0.419. The lowest BCUT2D eigenvalue weighted by molar-refractivity contribution is -0.123. The van der Waals surface area contributed by atoms with E-state index in [1.54, 1.807) is 18.0 Å². The molecule has 0 saturated carbocycles. The van der Waals surface area contributed by atoms with Crippen molar-refractivity contribution in [2.24, 2.45) is 5.10 Å². The maximum absolute atomic E-state index is 11.4. The molecule has 0 radical (unpaired) electrons. The highest BCUT2D eigenvalue weighted by Crippen LogP contribution is 2.18. The van der Waals surface area contributed by atoms with Gasteiger partial charge in [-0.25, -0.2) is 0 Å². The largest absolute Gasteiger partial charge is 0.364 e. The predicted octanol–water partition coefficient (Wildman–Crippen LogP) is 0.113. The minimum Gasteiger partial charge on any atom is -0.364 e. The lowest BCUT2D eigenvalue weighted by Gasteiger charge is -2.13. The minimum atomic E-state index is 0.0378. The molecule has 0 aliphatic carbocycles. The van der Waals surface area contributed by atoms with Crippen LogP contribution in [0.4, 0.5) is 0 Å². The zero-order valence-corrected chi connectivity index (χ0v) is 9.95. The minimum absolute atomic E-state index is 0.0378. The number of thioether (sulfide) groups is 1. The molecule has 0 atom stereocenters. The standard InChI is InChI=1S/C8H12N4OS2/c1-3-4-12-6(13)5-15-8(12)11-10-7(14)9-2/h3H,1,4-5H2,2H3,(H2,9,10,14)/b11-8+. The molecule has 5 nitrogen and oxygen atoms in total. The molecule has 0 bridgehead atoms. The number of hydrazone groups is 1. The van der Waals surface area contributed by atoms with Crippen molar-refractivity contribution in [3.05, 3.63) is 12.7 Å². The number of carbonyl (C=O) groups is 1. The smallest absolute Gasteiger partial charge is 0.239 e. The molecule has 0 aromatic rings.